The number of methoxy groups -OCH3 is 1. The number of rotatable bonds is 10. The van der Waals surface area contributed by atoms with Crippen molar-refractivity contribution in [3.8, 4) is 0 Å². The summed E-state index contributed by atoms with van der Waals surface area (Å²) in [5.41, 5.74) is 0. The molecule has 0 aliphatic rings. The second kappa shape index (κ2) is 11.4. The molecule has 86 valence electrons. The monoisotopic (exact) mass is 270 g/mol. The molecule has 0 fully saturated rings. The van der Waals surface area contributed by atoms with Crippen LogP contribution >= 0.6 is 15.9 Å². The molecule has 4 nitrogen and oxygen atoms in total. The van der Waals surface area contributed by atoms with Gasteiger partial charge in [-0.2, -0.15) is 0 Å². The third-order valence-corrected chi connectivity index (χ3v) is 2.24. The highest BCUT2D eigenvalue weighted by Crippen LogP contribution is 1.91. The Balaban J connectivity index is 2.92. The van der Waals surface area contributed by atoms with E-state index in [4.69, 9.17) is 19.3 Å². The lowest BCUT2D eigenvalue weighted by Crippen LogP contribution is -2.18. The lowest BCUT2D eigenvalue weighted by atomic mass is 10.4. The van der Waals surface area contributed by atoms with Gasteiger partial charge in [0.1, 0.15) is 0 Å². The fraction of sp³-hybridized carbons (Fsp3) is 1.00. The lowest BCUT2D eigenvalue weighted by molar-refractivity contribution is 0.00800. The quantitative estimate of drug-likeness (QED) is 0.472. The van der Waals surface area contributed by atoms with Gasteiger partial charge in [-0.15, -0.1) is 0 Å². The molecule has 0 saturated carbocycles. The molecule has 0 spiro atoms. The average Bonchev–Trinajstić information content (AvgIpc) is 2.21. The predicted molar refractivity (Wildman–Crippen MR) is 57.9 cm³/mol. The second-order valence-corrected chi connectivity index (χ2v) is 3.49. The summed E-state index contributed by atoms with van der Waals surface area (Å²) in [7, 11) is 1.67. The number of halogens is 1. The Kier molecular flexibility index (Phi) is 11.7. The molecule has 0 aliphatic carbocycles. The van der Waals surface area contributed by atoms with Crippen molar-refractivity contribution in [3.05, 3.63) is 0 Å². The molecule has 14 heavy (non-hydrogen) atoms. The highest BCUT2D eigenvalue weighted by molar-refractivity contribution is 9.09. The van der Waals surface area contributed by atoms with Gasteiger partial charge in [0.15, 0.2) is 0 Å². The first-order chi connectivity index (χ1) is 6.81. The topological polar surface area (TPSA) is 47.9 Å². The van der Waals surface area contributed by atoms with Crippen molar-refractivity contribution in [2.45, 2.75) is 12.5 Å². The maximum Gasteiger partial charge on any atom is 0.0870 e. The molecule has 1 N–H and O–H groups in total. The highest BCUT2D eigenvalue weighted by atomic mass is 79.9. The van der Waals surface area contributed by atoms with E-state index in [0.29, 0.717) is 31.8 Å². The first-order valence-corrected chi connectivity index (χ1v) is 5.82. The summed E-state index contributed by atoms with van der Waals surface area (Å²) >= 11 is 3.15. The number of ether oxygens (including phenoxy) is 3. The largest absolute Gasteiger partial charge is 0.390 e. The van der Waals surface area contributed by atoms with Crippen LogP contribution in [0.4, 0.5) is 0 Å². The van der Waals surface area contributed by atoms with Crippen molar-refractivity contribution < 1.29 is 19.3 Å². The van der Waals surface area contributed by atoms with E-state index in [1.807, 2.05) is 0 Å². The molecule has 0 amide bonds. The number of hydrogen-bond donors (Lipinski definition) is 1. The van der Waals surface area contributed by atoms with Gasteiger partial charge in [0, 0.05) is 25.7 Å². The maximum atomic E-state index is 9.10. The first kappa shape index (κ1) is 14.3. The van der Waals surface area contributed by atoms with Crippen LogP contribution in [0.3, 0.4) is 0 Å². The summed E-state index contributed by atoms with van der Waals surface area (Å²) in [5.74, 6) is 0. The zero-order valence-corrected chi connectivity index (χ0v) is 10.2. The smallest absolute Gasteiger partial charge is 0.0870 e. The van der Waals surface area contributed by atoms with Crippen molar-refractivity contribution in [1.82, 2.24) is 0 Å². The van der Waals surface area contributed by atoms with Gasteiger partial charge in [-0.05, 0) is 6.42 Å². The van der Waals surface area contributed by atoms with Crippen LogP contribution in [-0.4, -0.2) is 56.7 Å². The number of aliphatic hydroxyl groups excluding tert-OH is 1. The Morgan fingerprint density at radius 1 is 1.14 bits per heavy atom. The molecule has 0 radical (unpaired) electrons. The van der Waals surface area contributed by atoms with E-state index in [1.54, 1.807) is 7.11 Å². The van der Waals surface area contributed by atoms with Crippen LogP contribution in [-0.2, 0) is 14.2 Å². The predicted octanol–water partition coefficient (Wildman–Crippen LogP) is 0.812. The maximum absolute atomic E-state index is 9.10. The van der Waals surface area contributed by atoms with E-state index in [1.165, 1.54) is 0 Å². The first-order valence-electron chi connectivity index (χ1n) is 4.69. The van der Waals surface area contributed by atoms with Gasteiger partial charge in [0.05, 0.1) is 25.9 Å². The third kappa shape index (κ3) is 10.4. The van der Waals surface area contributed by atoms with Crippen molar-refractivity contribution in [1.29, 1.82) is 0 Å². The minimum atomic E-state index is -0.427. The Morgan fingerprint density at radius 2 is 1.86 bits per heavy atom. The molecule has 0 rings (SSSR count). The Labute approximate surface area is 93.7 Å². The van der Waals surface area contributed by atoms with Crippen LogP contribution < -0.4 is 0 Å². The Bertz CT molecular complexity index is 113. The molecular weight excluding hydrogens is 252 g/mol. The summed E-state index contributed by atoms with van der Waals surface area (Å²) < 4.78 is 15.3. The standard InChI is InChI=1S/C9H19BrO4/c1-12-3-2-4-13-5-6-14-8-9(11)7-10/h9,11H,2-8H2,1H3. The van der Waals surface area contributed by atoms with Crippen molar-refractivity contribution >= 4 is 15.9 Å². The highest BCUT2D eigenvalue weighted by Gasteiger charge is 2.00. The molecule has 0 aliphatic heterocycles. The zero-order valence-electron chi connectivity index (χ0n) is 8.58. The molecule has 0 bridgehead atoms. The minimum absolute atomic E-state index is 0.354. The number of hydrogen-bond acceptors (Lipinski definition) is 4. The van der Waals surface area contributed by atoms with Crippen LogP contribution in [0.25, 0.3) is 0 Å². The van der Waals surface area contributed by atoms with Gasteiger partial charge in [-0.1, -0.05) is 15.9 Å². The molecule has 1 unspecified atom stereocenters. The minimum Gasteiger partial charge on any atom is -0.390 e. The lowest BCUT2D eigenvalue weighted by Gasteiger charge is -2.08. The van der Waals surface area contributed by atoms with E-state index in [-0.39, 0.29) is 0 Å². The second-order valence-electron chi connectivity index (χ2n) is 2.84. The van der Waals surface area contributed by atoms with Gasteiger partial charge in [-0.25, -0.2) is 0 Å². The Hall–Kier alpha value is 0.320. The van der Waals surface area contributed by atoms with E-state index in [0.717, 1.165) is 13.0 Å². The fourth-order valence-electron chi connectivity index (χ4n) is 0.789. The summed E-state index contributed by atoms with van der Waals surface area (Å²) in [6, 6.07) is 0. The summed E-state index contributed by atoms with van der Waals surface area (Å²) in [4.78, 5) is 0. The third-order valence-electron chi connectivity index (χ3n) is 1.50. The molecule has 5 heteroatoms. The van der Waals surface area contributed by atoms with E-state index in [2.05, 4.69) is 15.9 Å². The van der Waals surface area contributed by atoms with E-state index in [9.17, 15) is 0 Å². The average molecular weight is 271 g/mol. The van der Waals surface area contributed by atoms with Crippen LogP contribution in [0.5, 0.6) is 0 Å². The number of alkyl halides is 1. The van der Waals surface area contributed by atoms with Gasteiger partial charge >= 0.3 is 0 Å². The molecule has 0 heterocycles. The van der Waals surface area contributed by atoms with Crippen LogP contribution in [0.1, 0.15) is 6.42 Å². The van der Waals surface area contributed by atoms with Gasteiger partial charge < -0.3 is 19.3 Å². The van der Waals surface area contributed by atoms with Gasteiger partial charge in [-0.3, -0.25) is 0 Å². The zero-order chi connectivity index (χ0) is 10.6. The molecule has 0 saturated heterocycles. The van der Waals surface area contributed by atoms with Crippen molar-refractivity contribution in [2.75, 3.05) is 45.5 Å². The Morgan fingerprint density at radius 3 is 2.50 bits per heavy atom. The van der Waals surface area contributed by atoms with E-state index >= 15 is 0 Å². The van der Waals surface area contributed by atoms with Gasteiger partial charge in [0.2, 0.25) is 0 Å². The SMILES string of the molecule is COCCCOCCOCC(O)CBr. The normalized spacial score (nSPS) is 13.1. The summed E-state index contributed by atoms with van der Waals surface area (Å²) in [6.45, 7) is 2.86. The summed E-state index contributed by atoms with van der Waals surface area (Å²) in [6.07, 6.45) is 0.476. The van der Waals surface area contributed by atoms with Crippen molar-refractivity contribution in [3.63, 3.8) is 0 Å². The number of aliphatic hydroxyl groups is 1. The molecule has 0 aromatic rings. The molecule has 0 aromatic heterocycles. The van der Waals surface area contributed by atoms with Crippen LogP contribution in [0.2, 0.25) is 0 Å². The molecule has 1 atom stereocenters. The van der Waals surface area contributed by atoms with Gasteiger partial charge in [0.25, 0.3) is 0 Å². The van der Waals surface area contributed by atoms with Crippen molar-refractivity contribution in [2.24, 2.45) is 0 Å². The van der Waals surface area contributed by atoms with Crippen LogP contribution in [0, 0.1) is 0 Å². The summed E-state index contributed by atoms with van der Waals surface area (Å²) in [5, 5.41) is 9.64. The molecular formula is C9H19BrO4. The molecule has 0 aromatic carbocycles. The van der Waals surface area contributed by atoms with E-state index < -0.39 is 6.10 Å². The fourth-order valence-corrected chi connectivity index (χ4v) is 0.976. The van der Waals surface area contributed by atoms with Crippen LogP contribution in [0.15, 0.2) is 0 Å².